The molecule has 17 heavy (non-hydrogen) atoms. The Morgan fingerprint density at radius 3 is 2.12 bits per heavy atom. The predicted octanol–water partition coefficient (Wildman–Crippen LogP) is 1.30. The third-order valence-electron chi connectivity index (χ3n) is 5.00. The van der Waals surface area contributed by atoms with Crippen LogP contribution in [0.15, 0.2) is 0 Å². The minimum atomic E-state index is 0.527. The smallest absolute Gasteiger partial charge is 0.0460 e. The maximum atomic E-state index is 3.79. The standard InChI is InChI=1S/C14H27N3/c1-3-14(10-16(2)11-14)17-8-6-13(7-9-17)15-12-4-5-12/h12-13,15H,3-11H2,1-2H3. The lowest BCUT2D eigenvalue weighted by molar-refractivity contribution is -0.0568. The minimum absolute atomic E-state index is 0.527. The molecule has 2 heterocycles. The molecule has 3 fully saturated rings. The number of hydrogen-bond acceptors (Lipinski definition) is 3. The topological polar surface area (TPSA) is 18.5 Å². The fourth-order valence-corrected chi connectivity index (χ4v) is 3.71. The van der Waals surface area contributed by atoms with Crippen molar-refractivity contribution < 1.29 is 0 Å². The second-order valence-corrected chi connectivity index (χ2v) is 6.45. The van der Waals surface area contributed by atoms with E-state index in [1.54, 1.807) is 0 Å². The van der Waals surface area contributed by atoms with Crippen LogP contribution in [0.2, 0.25) is 0 Å². The first-order valence-electron chi connectivity index (χ1n) is 7.41. The monoisotopic (exact) mass is 237 g/mol. The highest BCUT2D eigenvalue weighted by Crippen LogP contribution is 2.33. The molecule has 2 saturated heterocycles. The van der Waals surface area contributed by atoms with Crippen LogP contribution in [0.25, 0.3) is 0 Å². The van der Waals surface area contributed by atoms with Crippen molar-refractivity contribution in [1.82, 2.24) is 15.1 Å². The molecule has 1 aliphatic carbocycles. The summed E-state index contributed by atoms with van der Waals surface area (Å²) in [5, 5.41) is 3.79. The van der Waals surface area contributed by atoms with Gasteiger partial charge < -0.3 is 10.2 Å². The van der Waals surface area contributed by atoms with E-state index in [2.05, 4.69) is 29.1 Å². The Morgan fingerprint density at radius 2 is 1.65 bits per heavy atom. The van der Waals surface area contributed by atoms with Crippen LogP contribution in [0.1, 0.15) is 39.0 Å². The van der Waals surface area contributed by atoms with Crippen LogP contribution < -0.4 is 5.32 Å². The lowest BCUT2D eigenvalue weighted by Crippen LogP contribution is -2.70. The van der Waals surface area contributed by atoms with Gasteiger partial charge >= 0.3 is 0 Å². The summed E-state index contributed by atoms with van der Waals surface area (Å²) in [4.78, 5) is 5.23. The van der Waals surface area contributed by atoms with Gasteiger partial charge in [0.2, 0.25) is 0 Å². The molecule has 98 valence electrons. The molecule has 3 aliphatic rings. The average molecular weight is 237 g/mol. The molecule has 1 saturated carbocycles. The van der Waals surface area contributed by atoms with Crippen LogP contribution in [0.4, 0.5) is 0 Å². The van der Waals surface area contributed by atoms with Gasteiger partial charge in [-0.2, -0.15) is 0 Å². The highest BCUT2D eigenvalue weighted by Gasteiger charge is 2.45. The Hall–Kier alpha value is -0.120. The van der Waals surface area contributed by atoms with E-state index in [1.807, 2.05) is 0 Å². The first-order valence-corrected chi connectivity index (χ1v) is 7.41. The molecule has 0 atom stereocenters. The normalized spacial score (nSPS) is 31.4. The van der Waals surface area contributed by atoms with E-state index in [9.17, 15) is 0 Å². The molecule has 0 aromatic carbocycles. The molecule has 3 heteroatoms. The number of likely N-dealkylation sites (tertiary alicyclic amines) is 2. The molecule has 0 aromatic heterocycles. The summed E-state index contributed by atoms with van der Waals surface area (Å²) in [7, 11) is 2.25. The maximum Gasteiger partial charge on any atom is 0.0460 e. The SMILES string of the molecule is CCC1(N2CCC(NC3CC3)CC2)CN(C)C1. The molecule has 1 N–H and O–H groups in total. The quantitative estimate of drug-likeness (QED) is 0.795. The molecule has 0 aromatic rings. The summed E-state index contributed by atoms with van der Waals surface area (Å²) in [6.45, 7) is 7.55. The van der Waals surface area contributed by atoms with Crippen LogP contribution in [-0.4, -0.2) is 60.6 Å². The molecule has 0 radical (unpaired) electrons. The summed E-state index contributed by atoms with van der Waals surface area (Å²) in [6, 6.07) is 1.69. The average Bonchev–Trinajstić information content (AvgIpc) is 3.10. The predicted molar refractivity (Wildman–Crippen MR) is 71.3 cm³/mol. The second-order valence-electron chi connectivity index (χ2n) is 6.45. The van der Waals surface area contributed by atoms with Crippen LogP contribution >= 0.6 is 0 Å². The number of rotatable bonds is 4. The van der Waals surface area contributed by atoms with Crippen molar-refractivity contribution >= 4 is 0 Å². The van der Waals surface area contributed by atoms with E-state index >= 15 is 0 Å². The minimum Gasteiger partial charge on any atom is -0.311 e. The van der Waals surface area contributed by atoms with Gasteiger partial charge in [0.15, 0.2) is 0 Å². The van der Waals surface area contributed by atoms with Gasteiger partial charge in [-0.05, 0) is 39.2 Å². The Balaban J connectivity index is 1.49. The van der Waals surface area contributed by atoms with Crippen molar-refractivity contribution in [3.8, 4) is 0 Å². The highest BCUT2D eigenvalue weighted by atomic mass is 15.3. The van der Waals surface area contributed by atoms with Crippen molar-refractivity contribution in [1.29, 1.82) is 0 Å². The lowest BCUT2D eigenvalue weighted by Gasteiger charge is -2.56. The van der Waals surface area contributed by atoms with E-state index in [4.69, 9.17) is 0 Å². The van der Waals surface area contributed by atoms with Gasteiger partial charge in [-0.3, -0.25) is 4.90 Å². The maximum absolute atomic E-state index is 3.79. The van der Waals surface area contributed by atoms with E-state index in [1.165, 1.54) is 58.3 Å². The third-order valence-corrected chi connectivity index (χ3v) is 5.00. The number of hydrogen-bond donors (Lipinski definition) is 1. The van der Waals surface area contributed by atoms with Crippen molar-refractivity contribution in [2.75, 3.05) is 33.2 Å². The van der Waals surface area contributed by atoms with Crippen molar-refractivity contribution in [2.45, 2.75) is 56.7 Å². The summed E-state index contributed by atoms with van der Waals surface area (Å²) < 4.78 is 0. The zero-order valence-electron chi connectivity index (χ0n) is 11.4. The molecule has 0 spiro atoms. The van der Waals surface area contributed by atoms with E-state index in [-0.39, 0.29) is 0 Å². The fraction of sp³-hybridized carbons (Fsp3) is 1.00. The summed E-state index contributed by atoms with van der Waals surface area (Å²) in [5.74, 6) is 0. The molecule has 0 amide bonds. The van der Waals surface area contributed by atoms with Gasteiger partial charge in [0, 0.05) is 43.8 Å². The van der Waals surface area contributed by atoms with E-state index in [0.29, 0.717) is 5.54 Å². The van der Waals surface area contributed by atoms with Crippen molar-refractivity contribution in [3.05, 3.63) is 0 Å². The number of nitrogens with zero attached hydrogens (tertiary/aromatic N) is 2. The lowest BCUT2D eigenvalue weighted by atomic mass is 9.83. The molecule has 3 rings (SSSR count). The van der Waals surface area contributed by atoms with Gasteiger partial charge in [0.25, 0.3) is 0 Å². The molecular weight excluding hydrogens is 210 g/mol. The largest absolute Gasteiger partial charge is 0.311 e. The fourth-order valence-electron chi connectivity index (χ4n) is 3.71. The first kappa shape index (κ1) is 11.9. The zero-order chi connectivity index (χ0) is 11.9. The Kier molecular flexibility index (Phi) is 3.18. The Bertz CT molecular complexity index is 261. The van der Waals surface area contributed by atoms with Gasteiger partial charge in [-0.1, -0.05) is 6.92 Å². The highest BCUT2D eigenvalue weighted by molar-refractivity contribution is 5.03. The molecule has 3 nitrogen and oxygen atoms in total. The van der Waals surface area contributed by atoms with Crippen LogP contribution in [0.5, 0.6) is 0 Å². The molecule has 0 bridgehead atoms. The number of likely N-dealkylation sites (N-methyl/N-ethyl adjacent to an activating group) is 1. The summed E-state index contributed by atoms with van der Waals surface area (Å²) in [5.41, 5.74) is 0.527. The Labute approximate surface area is 106 Å². The molecular formula is C14H27N3. The van der Waals surface area contributed by atoms with Crippen molar-refractivity contribution in [3.63, 3.8) is 0 Å². The molecule has 0 unspecified atom stereocenters. The van der Waals surface area contributed by atoms with Crippen LogP contribution in [0, 0.1) is 0 Å². The van der Waals surface area contributed by atoms with Crippen molar-refractivity contribution in [2.24, 2.45) is 0 Å². The van der Waals surface area contributed by atoms with Gasteiger partial charge in [-0.15, -0.1) is 0 Å². The Morgan fingerprint density at radius 1 is 1.06 bits per heavy atom. The van der Waals surface area contributed by atoms with E-state index < -0.39 is 0 Å². The molecule has 2 aliphatic heterocycles. The third kappa shape index (κ3) is 2.38. The van der Waals surface area contributed by atoms with Crippen LogP contribution in [0.3, 0.4) is 0 Å². The number of nitrogens with one attached hydrogen (secondary N) is 1. The van der Waals surface area contributed by atoms with E-state index in [0.717, 1.165) is 12.1 Å². The summed E-state index contributed by atoms with van der Waals surface area (Å²) >= 11 is 0. The van der Waals surface area contributed by atoms with Gasteiger partial charge in [-0.25, -0.2) is 0 Å². The summed E-state index contributed by atoms with van der Waals surface area (Å²) in [6.07, 6.45) is 6.88. The zero-order valence-corrected chi connectivity index (χ0v) is 11.4. The van der Waals surface area contributed by atoms with Crippen LogP contribution in [-0.2, 0) is 0 Å². The van der Waals surface area contributed by atoms with Gasteiger partial charge in [0.1, 0.15) is 0 Å². The number of piperidine rings is 1. The van der Waals surface area contributed by atoms with Gasteiger partial charge in [0.05, 0.1) is 0 Å². The first-order chi connectivity index (χ1) is 8.22. The second kappa shape index (κ2) is 4.52.